The van der Waals surface area contributed by atoms with Gasteiger partial charge in [0, 0.05) is 64.3 Å². The number of alkyl halides is 2. The van der Waals surface area contributed by atoms with Crippen LogP contribution < -0.4 is 40.7 Å². The molecule has 1 aromatic heterocycles. The summed E-state index contributed by atoms with van der Waals surface area (Å²) in [6, 6.07) is 21.7. The van der Waals surface area contributed by atoms with Gasteiger partial charge in [-0.1, -0.05) is 24.1 Å². The molecule has 6 rings (SSSR count). The molecule has 0 spiro atoms. The molecule has 2 atom stereocenters. The molecule has 3 aromatic carbocycles. The zero-order chi connectivity index (χ0) is 55.4. The van der Waals surface area contributed by atoms with Crippen LogP contribution in [0.25, 0.3) is 10.4 Å². The van der Waals surface area contributed by atoms with Gasteiger partial charge in [-0.3, -0.25) is 9.59 Å². The van der Waals surface area contributed by atoms with Crippen molar-refractivity contribution in [2.75, 3.05) is 84.2 Å². The Labute approximate surface area is 469 Å². The Morgan fingerprint density at radius 1 is 0.961 bits per heavy atom. The Kier molecular flexibility index (Phi) is 21.7. The summed E-state index contributed by atoms with van der Waals surface area (Å²) >= 11 is 1.71. The van der Waals surface area contributed by atoms with Gasteiger partial charge in [-0.05, 0) is 81.3 Å². The van der Waals surface area contributed by atoms with Gasteiger partial charge < -0.3 is 35.4 Å². The molecule has 0 saturated carbocycles. The van der Waals surface area contributed by atoms with Gasteiger partial charge >= 0.3 is 212 Å². The number of hydrogen-bond acceptors (Lipinski definition) is 13. The van der Waals surface area contributed by atoms with Crippen molar-refractivity contribution in [2.45, 2.75) is 134 Å². The van der Waals surface area contributed by atoms with Crippen molar-refractivity contribution in [3.63, 3.8) is 0 Å². The van der Waals surface area contributed by atoms with E-state index in [1.807, 2.05) is 55.2 Å². The number of amides is 4. The Morgan fingerprint density at radius 3 is 2.34 bits per heavy atom. The molecule has 4 aromatic rings. The number of thiophene rings is 1. The van der Waals surface area contributed by atoms with Crippen molar-refractivity contribution in [1.29, 1.82) is 0 Å². The maximum atomic E-state index is 13.1. The number of nitrogens with one attached hydrogen (secondary N) is 4. The zero-order valence-corrected chi connectivity index (χ0v) is 50.8. The van der Waals surface area contributed by atoms with E-state index < -0.39 is 26.3 Å². The molecule has 0 radical (unpaired) electrons. The number of carbonyl (C=O) groups excluding carboxylic acids is 4. The molecule has 5 N–H and O–H groups in total. The first-order valence-corrected chi connectivity index (χ1v) is 32.4. The number of piperidine rings is 2. The second-order valence-corrected chi connectivity index (χ2v) is 31.4. The van der Waals surface area contributed by atoms with Gasteiger partial charge in [0.2, 0.25) is 12.3 Å². The number of hydrogen-bond donors (Lipinski definition) is 5. The van der Waals surface area contributed by atoms with Crippen LogP contribution in [0.2, 0.25) is 0 Å². The number of aldehydes is 1. The summed E-state index contributed by atoms with van der Waals surface area (Å²) in [6.07, 6.45) is 6.56. The maximum absolute atomic E-state index is 13.1. The average molecular weight is 1200 g/mol. The zero-order valence-electron chi connectivity index (χ0n) is 47.0. The molecule has 2 saturated heterocycles. The van der Waals surface area contributed by atoms with E-state index in [0.29, 0.717) is 43.5 Å². The molecule has 15 nitrogen and oxygen atoms in total. The number of ether oxygens (including phenoxy) is 1. The molecule has 418 valence electrons. The average Bonchev–Trinajstić information content (AvgIpc) is 3.69. The van der Waals surface area contributed by atoms with Gasteiger partial charge in [-0.15, -0.1) is 0 Å². The number of anilines is 5. The summed E-state index contributed by atoms with van der Waals surface area (Å²) in [5.41, 5.74) is 6.22. The summed E-state index contributed by atoms with van der Waals surface area (Å²) in [7, 11) is 5.37. The third-order valence-corrected chi connectivity index (χ3v) is 22.4. The minimum absolute atomic E-state index is 0.0635. The first kappa shape index (κ1) is 60.5. The summed E-state index contributed by atoms with van der Waals surface area (Å²) in [5, 5.41) is 24.2. The summed E-state index contributed by atoms with van der Waals surface area (Å²) in [5.74, 6) is 1.81. The predicted molar refractivity (Wildman–Crippen MR) is 325 cm³/mol. The van der Waals surface area contributed by atoms with Crippen molar-refractivity contribution in [1.82, 2.24) is 14.9 Å². The van der Waals surface area contributed by atoms with Crippen LogP contribution in [0.1, 0.15) is 111 Å². The number of nitrogens with zero attached hydrogens (tertiary/aromatic N) is 4. The molecule has 1 unspecified atom stereocenters. The smallest absolute Gasteiger partial charge is 0.376 e. The van der Waals surface area contributed by atoms with Crippen LogP contribution in [-0.2, 0) is 29.8 Å². The van der Waals surface area contributed by atoms with Crippen LogP contribution >= 0.6 is 43.5 Å². The third kappa shape index (κ3) is 17.1. The van der Waals surface area contributed by atoms with Gasteiger partial charge in [0.05, 0.1) is 17.4 Å². The number of rotatable bonds is 24. The Bertz CT molecular complexity index is 2570. The SMILES string of the molecule is CNC(=O)CCC(C=O)N(C=O)c1ccc(N2CCC(CCNC(=O)Nc3cccc(CSN4CC[C@H](Nc5cccc(-c6sc(COI(C)C(C)(C)C)c(OCC(C)(C)C)c6O)c5)CC4(C)C)c3)CC2)cc1N(C)C. The quantitative estimate of drug-likeness (QED) is 0.0195. The second kappa shape index (κ2) is 27.2. The number of halogens is 1. The van der Waals surface area contributed by atoms with Gasteiger partial charge in [0.15, 0.2) is 0 Å². The van der Waals surface area contributed by atoms with Crippen molar-refractivity contribution in [3.05, 3.63) is 77.2 Å². The number of urea groups is 1. The van der Waals surface area contributed by atoms with Crippen LogP contribution in [0.3, 0.4) is 0 Å². The fourth-order valence-electron chi connectivity index (χ4n) is 9.42. The Morgan fingerprint density at radius 2 is 1.68 bits per heavy atom. The third-order valence-electron chi connectivity index (χ3n) is 14.0. The second-order valence-electron chi connectivity index (χ2n) is 23.0. The Balaban J connectivity index is 0.948. The molecular weight excluding hydrogens is 1110 g/mol. The topological polar surface area (TPSA) is 168 Å². The van der Waals surface area contributed by atoms with Crippen molar-refractivity contribution >= 4 is 96.6 Å². The minimum Gasteiger partial charge on any atom is -0.376 e. The summed E-state index contributed by atoms with van der Waals surface area (Å²) < 4.78 is 15.4. The summed E-state index contributed by atoms with van der Waals surface area (Å²) in [6.45, 7) is 21.9. The van der Waals surface area contributed by atoms with Crippen LogP contribution in [0.15, 0.2) is 66.7 Å². The number of carbonyl (C=O) groups is 4. The molecule has 18 heteroatoms. The molecule has 76 heavy (non-hydrogen) atoms. The summed E-state index contributed by atoms with van der Waals surface area (Å²) in [4.78, 5) is 58.9. The normalized spacial score (nSPS) is 16.8. The van der Waals surface area contributed by atoms with Gasteiger partial charge in [0.1, 0.15) is 6.29 Å². The molecule has 2 aliphatic heterocycles. The van der Waals surface area contributed by atoms with E-state index in [1.165, 1.54) is 4.90 Å². The number of aromatic hydroxyl groups is 1. The first-order chi connectivity index (χ1) is 36.0. The van der Waals surface area contributed by atoms with E-state index >= 15 is 0 Å². The fraction of sp³-hybridized carbons (Fsp3) is 0.552. The molecule has 2 aliphatic rings. The molecule has 0 aliphatic carbocycles. The number of benzene rings is 3. The molecule has 4 amide bonds. The van der Waals surface area contributed by atoms with Crippen molar-refractivity contribution in [3.8, 4) is 21.9 Å². The van der Waals surface area contributed by atoms with E-state index in [2.05, 4.69) is 133 Å². The van der Waals surface area contributed by atoms with E-state index in [4.69, 9.17) is 7.80 Å². The van der Waals surface area contributed by atoms with Crippen molar-refractivity contribution in [2.24, 2.45) is 11.3 Å². The van der Waals surface area contributed by atoms with Crippen molar-refractivity contribution < 1.29 is 32.1 Å². The van der Waals surface area contributed by atoms with Crippen LogP contribution in [0.5, 0.6) is 11.5 Å². The first-order valence-electron chi connectivity index (χ1n) is 26.6. The molecular formula is C58H85IN8O7S2. The fourth-order valence-corrected chi connectivity index (χ4v) is 13.5. The van der Waals surface area contributed by atoms with Gasteiger partial charge in [-0.2, -0.15) is 0 Å². The van der Waals surface area contributed by atoms with E-state index in [1.54, 1.807) is 18.4 Å². The van der Waals surface area contributed by atoms with E-state index in [9.17, 15) is 24.3 Å². The van der Waals surface area contributed by atoms with E-state index in [-0.39, 0.29) is 50.9 Å². The standard InChI is InChI=1S/C58H85IN8O7S2/c1-56(2,3)38-73-53-50(36-74-59(9)57(4,5)6)76-54(52(53)71)42-16-14-18-44(32-42)62-45-26-30-67(58(7,8)34-45)75-37-41-15-13-17-43(31-41)63-55(72)61-27-23-40-24-28-65(29-25-40)46-19-21-48(49(33-46)64(11)12)66(39-69)47(35-68)20-22-51(70)60-10/h13-19,21,31-33,35,39-40,45,47,62,71H,20,22-30,34,36-38H2,1-12H3,(H,60,70)(H2,61,63,72)/t45-,47?/m0/s1. The predicted octanol–water partition coefficient (Wildman–Crippen LogP) is 12.0. The molecule has 2 fully saturated rings. The van der Waals surface area contributed by atoms with E-state index in [0.717, 1.165) is 107 Å². The molecule has 3 heterocycles. The molecule has 0 bridgehead atoms. The minimum atomic E-state index is -1.68. The van der Waals surface area contributed by atoms with Crippen LogP contribution in [-0.4, -0.2) is 114 Å². The van der Waals surface area contributed by atoms with Crippen LogP contribution in [0.4, 0.5) is 33.2 Å². The van der Waals surface area contributed by atoms with Gasteiger partial charge in [-0.25, -0.2) is 9.10 Å². The van der Waals surface area contributed by atoms with Gasteiger partial charge in [0.25, 0.3) is 0 Å². The monoisotopic (exact) mass is 1200 g/mol. The Hall–Kier alpha value is -4.76. The van der Waals surface area contributed by atoms with Crippen LogP contribution in [0, 0.1) is 11.3 Å².